The minimum Gasteiger partial charge on any atom is -0.337 e. The van der Waals surface area contributed by atoms with Gasteiger partial charge in [-0.05, 0) is 50.6 Å². The van der Waals surface area contributed by atoms with E-state index >= 15 is 0 Å². The van der Waals surface area contributed by atoms with Gasteiger partial charge in [0.15, 0.2) is 11.0 Å². The Bertz CT molecular complexity index is 1080. The van der Waals surface area contributed by atoms with E-state index in [0.29, 0.717) is 13.1 Å². The molecule has 0 N–H and O–H groups in total. The number of rotatable bonds is 8. The molecule has 33 heavy (non-hydrogen) atoms. The second-order valence-electron chi connectivity index (χ2n) is 8.84. The van der Waals surface area contributed by atoms with Crippen LogP contribution in [0.5, 0.6) is 0 Å². The predicted molar refractivity (Wildman–Crippen MR) is 133 cm³/mol. The number of carbonyl (C=O) groups excluding carboxylic acids is 1. The van der Waals surface area contributed by atoms with Crippen LogP contribution in [-0.2, 0) is 24.3 Å². The Morgan fingerprint density at radius 3 is 2.45 bits per heavy atom. The van der Waals surface area contributed by atoms with Gasteiger partial charge in [0.25, 0.3) is 0 Å². The lowest BCUT2D eigenvalue weighted by Gasteiger charge is -2.30. The van der Waals surface area contributed by atoms with Gasteiger partial charge >= 0.3 is 0 Å². The van der Waals surface area contributed by atoms with Crippen LogP contribution in [0.4, 0.5) is 0 Å². The average Bonchev–Trinajstić information content (AvgIpc) is 3.20. The van der Waals surface area contributed by atoms with Crippen molar-refractivity contribution in [1.82, 2.24) is 24.6 Å². The molecule has 6 nitrogen and oxygen atoms in total. The minimum atomic E-state index is -0.235. The molecule has 0 saturated carbocycles. The van der Waals surface area contributed by atoms with E-state index in [1.807, 2.05) is 24.0 Å². The van der Waals surface area contributed by atoms with Crippen molar-refractivity contribution >= 4 is 17.7 Å². The van der Waals surface area contributed by atoms with Gasteiger partial charge in [0.2, 0.25) is 5.91 Å². The van der Waals surface area contributed by atoms with Crippen LogP contribution >= 0.6 is 11.8 Å². The van der Waals surface area contributed by atoms with E-state index in [-0.39, 0.29) is 17.2 Å². The van der Waals surface area contributed by atoms with Crippen molar-refractivity contribution in [3.05, 3.63) is 77.1 Å². The fraction of sp³-hybridized carbons (Fsp3) is 0.423. The molecule has 0 fully saturated rings. The maximum Gasteiger partial charge on any atom is 0.236 e. The van der Waals surface area contributed by atoms with Crippen molar-refractivity contribution in [1.29, 1.82) is 0 Å². The lowest BCUT2D eigenvalue weighted by molar-refractivity contribution is -0.131. The molecule has 1 aliphatic rings. The average molecular weight is 464 g/mol. The summed E-state index contributed by atoms with van der Waals surface area (Å²) < 4.78 is 2.18. The van der Waals surface area contributed by atoms with Gasteiger partial charge in [0.05, 0.1) is 17.8 Å². The fourth-order valence-corrected chi connectivity index (χ4v) is 5.42. The summed E-state index contributed by atoms with van der Waals surface area (Å²) in [4.78, 5) is 17.5. The molecular weight excluding hydrogens is 430 g/mol. The monoisotopic (exact) mass is 463 g/mol. The number of thioether (sulfide) groups is 1. The highest BCUT2D eigenvalue weighted by molar-refractivity contribution is 8.00. The van der Waals surface area contributed by atoms with Crippen LogP contribution in [0.25, 0.3) is 0 Å². The molecule has 7 heteroatoms. The van der Waals surface area contributed by atoms with Crippen LogP contribution in [0, 0.1) is 0 Å². The van der Waals surface area contributed by atoms with Crippen molar-refractivity contribution in [3.8, 4) is 0 Å². The lowest BCUT2D eigenvalue weighted by atomic mass is 10.00. The maximum absolute atomic E-state index is 13.3. The van der Waals surface area contributed by atoms with E-state index in [0.717, 1.165) is 30.4 Å². The second-order valence-corrected chi connectivity index (χ2v) is 10.1. The molecule has 3 aromatic rings. The van der Waals surface area contributed by atoms with Gasteiger partial charge in [-0.1, -0.05) is 73.3 Å². The van der Waals surface area contributed by atoms with Gasteiger partial charge < -0.3 is 9.47 Å². The van der Waals surface area contributed by atoms with Crippen molar-refractivity contribution in [2.75, 3.05) is 20.6 Å². The van der Waals surface area contributed by atoms with Crippen LogP contribution < -0.4 is 0 Å². The Morgan fingerprint density at radius 1 is 1.06 bits per heavy atom. The van der Waals surface area contributed by atoms with Gasteiger partial charge in [-0.2, -0.15) is 0 Å². The highest BCUT2D eigenvalue weighted by Crippen LogP contribution is 2.30. The number of amides is 1. The zero-order valence-corrected chi connectivity index (χ0v) is 20.8. The summed E-state index contributed by atoms with van der Waals surface area (Å²) in [5, 5.41) is 9.69. The molecule has 0 bridgehead atoms. The summed E-state index contributed by atoms with van der Waals surface area (Å²) in [6.45, 7) is 6.28. The Hall–Kier alpha value is -2.64. The van der Waals surface area contributed by atoms with E-state index in [1.165, 1.54) is 28.5 Å². The number of hydrogen-bond acceptors (Lipinski definition) is 5. The molecule has 2 atom stereocenters. The Balaban J connectivity index is 1.55. The molecule has 1 aromatic heterocycles. The Morgan fingerprint density at radius 2 is 1.76 bits per heavy atom. The van der Waals surface area contributed by atoms with Crippen molar-refractivity contribution in [3.63, 3.8) is 0 Å². The summed E-state index contributed by atoms with van der Waals surface area (Å²) in [6.07, 6.45) is 1.85. The van der Waals surface area contributed by atoms with Crippen LogP contribution in [-0.4, -0.2) is 56.4 Å². The number of nitrogens with zero attached hydrogens (tertiary/aromatic N) is 5. The predicted octanol–water partition coefficient (Wildman–Crippen LogP) is 4.40. The van der Waals surface area contributed by atoms with Crippen molar-refractivity contribution < 1.29 is 4.79 Å². The number of hydrogen-bond donors (Lipinski definition) is 0. The molecule has 1 amide bonds. The molecule has 0 unspecified atom stereocenters. The van der Waals surface area contributed by atoms with Crippen LogP contribution in [0.3, 0.4) is 0 Å². The molecule has 174 valence electrons. The van der Waals surface area contributed by atoms with E-state index in [1.54, 1.807) is 0 Å². The number of carbonyl (C=O) groups is 1. The third kappa shape index (κ3) is 5.31. The van der Waals surface area contributed by atoms with Gasteiger partial charge in [0.1, 0.15) is 0 Å². The van der Waals surface area contributed by atoms with Crippen molar-refractivity contribution in [2.24, 2.45) is 0 Å². The smallest absolute Gasteiger partial charge is 0.236 e. The topological polar surface area (TPSA) is 54.3 Å². The standard InChI is InChI=1S/C26H33N5OS/c1-5-23(29(3)4)24-27-28-26(31(24)17-20-11-7-6-8-12-20)33-19(2)25(32)30-16-15-21-13-9-10-14-22(21)18-30/h6-14,19,23H,5,15-18H2,1-4H3/t19-,23-/m0/s1. The van der Waals surface area contributed by atoms with E-state index in [4.69, 9.17) is 0 Å². The first-order valence-electron chi connectivity index (χ1n) is 11.6. The molecule has 0 spiro atoms. The molecule has 0 aliphatic carbocycles. The van der Waals surface area contributed by atoms with Crippen LogP contribution in [0.15, 0.2) is 59.8 Å². The van der Waals surface area contributed by atoms with Crippen LogP contribution in [0.2, 0.25) is 0 Å². The molecule has 2 aromatic carbocycles. The number of fused-ring (bicyclic) bond motifs is 1. The van der Waals surface area contributed by atoms with Gasteiger partial charge in [0, 0.05) is 13.1 Å². The molecule has 0 saturated heterocycles. The Kier molecular flexibility index (Phi) is 7.50. The first-order chi connectivity index (χ1) is 16.0. The first-order valence-corrected chi connectivity index (χ1v) is 12.5. The molecule has 4 rings (SSSR count). The Labute approximate surface area is 201 Å². The highest BCUT2D eigenvalue weighted by Gasteiger charge is 2.28. The maximum atomic E-state index is 13.3. The summed E-state index contributed by atoms with van der Waals surface area (Å²) in [5.74, 6) is 1.10. The highest BCUT2D eigenvalue weighted by atomic mass is 32.2. The fourth-order valence-electron chi connectivity index (χ4n) is 4.48. The van der Waals surface area contributed by atoms with Gasteiger partial charge in [-0.3, -0.25) is 9.69 Å². The lowest BCUT2D eigenvalue weighted by Crippen LogP contribution is -2.40. The minimum absolute atomic E-state index is 0.157. The first kappa shape index (κ1) is 23.5. The molecular formula is C26H33N5OS. The molecule has 1 aliphatic heterocycles. The summed E-state index contributed by atoms with van der Waals surface area (Å²) in [7, 11) is 4.14. The second kappa shape index (κ2) is 10.5. The van der Waals surface area contributed by atoms with Gasteiger partial charge in [-0.15, -0.1) is 10.2 Å². The third-order valence-corrected chi connectivity index (χ3v) is 7.38. The summed E-state index contributed by atoms with van der Waals surface area (Å²) in [5.41, 5.74) is 3.80. The van der Waals surface area contributed by atoms with E-state index in [2.05, 4.69) is 83.1 Å². The third-order valence-electron chi connectivity index (χ3n) is 6.31. The van der Waals surface area contributed by atoms with Crippen LogP contribution in [0.1, 0.15) is 48.8 Å². The summed E-state index contributed by atoms with van der Waals surface area (Å²) >= 11 is 1.51. The summed E-state index contributed by atoms with van der Waals surface area (Å²) in [6, 6.07) is 18.9. The largest absolute Gasteiger partial charge is 0.337 e. The van der Waals surface area contributed by atoms with E-state index in [9.17, 15) is 4.79 Å². The number of aromatic nitrogens is 3. The quantitative estimate of drug-likeness (QED) is 0.464. The zero-order chi connectivity index (χ0) is 23.4. The SMILES string of the molecule is CC[C@@H](c1nnc(S[C@@H](C)C(=O)N2CCc3ccccc3C2)n1Cc1ccccc1)N(C)C. The molecule has 0 radical (unpaired) electrons. The van der Waals surface area contributed by atoms with E-state index < -0.39 is 0 Å². The van der Waals surface area contributed by atoms with Gasteiger partial charge in [-0.25, -0.2) is 0 Å². The zero-order valence-electron chi connectivity index (χ0n) is 19.9. The normalized spacial score (nSPS) is 15.4. The van der Waals surface area contributed by atoms with Crippen molar-refractivity contribution in [2.45, 2.75) is 56.2 Å². The molecule has 2 heterocycles. The number of benzene rings is 2.